The third-order valence-electron chi connectivity index (χ3n) is 6.89. The Morgan fingerprint density at radius 1 is 1.09 bits per heavy atom. The third kappa shape index (κ3) is 6.37. The number of aryl methyl sites for hydroxylation is 2. The van der Waals surface area contributed by atoms with Gasteiger partial charge in [-0.15, -0.1) is 0 Å². The molecule has 5 rings (SSSR count). The highest BCUT2D eigenvalue weighted by molar-refractivity contribution is 7.99. The van der Waals surface area contributed by atoms with Crippen molar-refractivity contribution in [3.8, 4) is 11.5 Å². The van der Waals surface area contributed by atoms with E-state index in [1.54, 1.807) is 50.3 Å². The second-order valence-corrected chi connectivity index (χ2v) is 11.9. The van der Waals surface area contributed by atoms with Crippen LogP contribution < -0.4 is 24.4 Å². The maximum atomic E-state index is 14.0. The van der Waals surface area contributed by atoms with Crippen LogP contribution in [0.4, 0.5) is 5.69 Å². The number of hydrogen-bond acceptors (Lipinski definition) is 12. The summed E-state index contributed by atoms with van der Waals surface area (Å²) in [6.45, 7) is 7.18. The standard InChI is InChI=1S/C31H29N5O7S2/c1-7-43-29(38)26-18(4)34-31-35(27(26)21-10-9-20(41-5)15-23(21)42-6)28(37)25(45-31)14-19-8-11-24(22(13-19)36(39)40)44-30-32-16(2)12-17(3)33-30/h8-15,27H,7H2,1-6H3/b25-14+/t27-/m1/s1. The molecule has 12 nitrogen and oxygen atoms in total. The topological polar surface area (TPSA) is 148 Å². The largest absolute Gasteiger partial charge is 0.497 e. The molecule has 0 saturated heterocycles. The fourth-order valence-electron chi connectivity index (χ4n) is 4.97. The van der Waals surface area contributed by atoms with E-state index in [0.717, 1.165) is 34.5 Å². The Balaban J connectivity index is 1.65. The second-order valence-electron chi connectivity index (χ2n) is 9.93. The number of nitrogens with zero attached hydrogens (tertiary/aromatic N) is 5. The summed E-state index contributed by atoms with van der Waals surface area (Å²) in [6, 6.07) is 10.7. The van der Waals surface area contributed by atoms with E-state index in [1.165, 1.54) is 24.9 Å². The number of thiazole rings is 1. The number of aromatic nitrogens is 3. The molecule has 1 aliphatic heterocycles. The van der Waals surface area contributed by atoms with Gasteiger partial charge < -0.3 is 14.2 Å². The highest BCUT2D eigenvalue weighted by Crippen LogP contribution is 2.38. The van der Waals surface area contributed by atoms with Crippen LogP contribution in [-0.2, 0) is 9.53 Å². The van der Waals surface area contributed by atoms with Gasteiger partial charge in [-0.25, -0.2) is 19.8 Å². The molecule has 4 aromatic rings. The zero-order chi connectivity index (χ0) is 32.4. The Morgan fingerprint density at radius 3 is 2.47 bits per heavy atom. The minimum atomic E-state index is -0.908. The van der Waals surface area contributed by atoms with E-state index < -0.39 is 22.5 Å². The van der Waals surface area contributed by atoms with E-state index in [9.17, 15) is 19.7 Å². The molecule has 3 heterocycles. The third-order valence-corrected chi connectivity index (χ3v) is 8.81. The van der Waals surface area contributed by atoms with Crippen molar-refractivity contribution < 1.29 is 23.9 Å². The summed E-state index contributed by atoms with van der Waals surface area (Å²) >= 11 is 2.21. The lowest BCUT2D eigenvalue weighted by molar-refractivity contribution is -0.387. The first-order valence-electron chi connectivity index (χ1n) is 13.7. The van der Waals surface area contributed by atoms with E-state index in [0.29, 0.717) is 43.2 Å². The maximum Gasteiger partial charge on any atom is 0.338 e. The molecule has 0 amide bonds. The number of benzene rings is 2. The Kier molecular flexibility index (Phi) is 9.16. The van der Waals surface area contributed by atoms with Crippen molar-refractivity contribution in [2.75, 3.05) is 20.8 Å². The van der Waals surface area contributed by atoms with Gasteiger partial charge in [0.15, 0.2) is 9.96 Å². The molecular weight excluding hydrogens is 619 g/mol. The highest BCUT2D eigenvalue weighted by Gasteiger charge is 2.35. The van der Waals surface area contributed by atoms with Crippen molar-refractivity contribution in [3.05, 3.63) is 106 Å². The number of allylic oxidation sites excluding steroid dienone is 1. The molecule has 0 radical (unpaired) electrons. The summed E-state index contributed by atoms with van der Waals surface area (Å²) in [4.78, 5) is 52.9. The van der Waals surface area contributed by atoms with Crippen LogP contribution in [0.25, 0.3) is 6.08 Å². The molecule has 0 saturated carbocycles. The normalized spacial score (nSPS) is 14.5. The summed E-state index contributed by atoms with van der Waals surface area (Å²) < 4.78 is 18.1. The van der Waals surface area contributed by atoms with Gasteiger partial charge in [0.25, 0.3) is 11.2 Å². The van der Waals surface area contributed by atoms with Gasteiger partial charge in [0.2, 0.25) is 0 Å². The zero-order valence-corrected chi connectivity index (χ0v) is 26.9. The van der Waals surface area contributed by atoms with Crippen LogP contribution in [0.2, 0.25) is 0 Å². The molecule has 232 valence electrons. The quantitative estimate of drug-likeness (QED) is 0.112. The van der Waals surface area contributed by atoms with Crippen LogP contribution >= 0.6 is 23.1 Å². The average molecular weight is 648 g/mol. The number of carbonyl (C=O) groups is 1. The van der Waals surface area contributed by atoms with E-state index in [1.807, 2.05) is 19.9 Å². The van der Waals surface area contributed by atoms with Crippen molar-refractivity contribution in [2.45, 2.75) is 43.8 Å². The number of esters is 1. The SMILES string of the molecule is CCOC(=O)C1=C(C)N=c2s/c(=C/c3ccc(Sc4nc(C)cc(C)n4)c([N+](=O)[O-])c3)c(=O)n2[C@@H]1c1ccc(OC)cc1OC. The monoisotopic (exact) mass is 647 g/mol. The molecule has 14 heteroatoms. The van der Waals surface area contributed by atoms with Gasteiger partial charge in [-0.05, 0) is 75.4 Å². The zero-order valence-electron chi connectivity index (χ0n) is 25.3. The summed E-state index contributed by atoms with van der Waals surface area (Å²) in [6.07, 6.45) is 1.57. The number of rotatable bonds is 9. The maximum absolute atomic E-state index is 14.0. The van der Waals surface area contributed by atoms with Crippen molar-refractivity contribution in [1.29, 1.82) is 0 Å². The van der Waals surface area contributed by atoms with Crippen LogP contribution in [0.1, 0.15) is 42.4 Å². The Morgan fingerprint density at radius 2 is 1.82 bits per heavy atom. The van der Waals surface area contributed by atoms with Crippen molar-refractivity contribution in [1.82, 2.24) is 14.5 Å². The lowest BCUT2D eigenvalue weighted by atomic mass is 9.95. The van der Waals surface area contributed by atoms with Gasteiger partial charge in [-0.2, -0.15) is 0 Å². The number of ether oxygens (including phenoxy) is 3. The predicted octanol–water partition coefficient (Wildman–Crippen LogP) is 4.28. The summed E-state index contributed by atoms with van der Waals surface area (Å²) in [5.41, 5.74) is 2.51. The van der Waals surface area contributed by atoms with E-state index in [-0.39, 0.29) is 22.4 Å². The first kappa shape index (κ1) is 31.6. The number of hydrogen-bond donors (Lipinski definition) is 0. The molecule has 45 heavy (non-hydrogen) atoms. The van der Waals surface area contributed by atoms with Gasteiger partial charge in [0, 0.05) is 29.1 Å². The first-order chi connectivity index (χ1) is 21.5. The van der Waals surface area contributed by atoms with Gasteiger partial charge in [-0.3, -0.25) is 19.5 Å². The lowest BCUT2D eigenvalue weighted by Crippen LogP contribution is -2.40. The van der Waals surface area contributed by atoms with Crippen molar-refractivity contribution >= 4 is 40.8 Å². The lowest BCUT2D eigenvalue weighted by Gasteiger charge is -2.26. The van der Waals surface area contributed by atoms with Gasteiger partial charge in [0.1, 0.15) is 17.5 Å². The number of nitro benzene ring substituents is 1. The van der Waals surface area contributed by atoms with Crippen LogP contribution in [0.15, 0.2) is 73.6 Å². The summed E-state index contributed by atoms with van der Waals surface area (Å²) in [7, 11) is 3.02. The fourth-order valence-corrected chi connectivity index (χ4v) is 6.97. The van der Waals surface area contributed by atoms with E-state index in [4.69, 9.17) is 14.2 Å². The smallest absolute Gasteiger partial charge is 0.338 e. The minimum Gasteiger partial charge on any atom is -0.497 e. The molecule has 1 atom stereocenters. The Hall–Kier alpha value is -4.82. The molecule has 0 aliphatic carbocycles. The van der Waals surface area contributed by atoms with Gasteiger partial charge in [0.05, 0.1) is 46.4 Å². The first-order valence-corrected chi connectivity index (χ1v) is 15.4. The molecule has 0 unspecified atom stereocenters. The Labute approximate surface area is 265 Å². The van der Waals surface area contributed by atoms with Crippen molar-refractivity contribution in [3.63, 3.8) is 0 Å². The van der Waals surface area contributed by atoms with Crippen LogP contribution in [0.5, 0.6) is 11.5 Å². The van der Waals surface area contributed by atoms with Gasteiger partial charge >= 0.3 is 5.97 Å². The summed E-state index contributed by atoms with van der Waals surface area (Å²) in [5, 5.41) is 12.5. The summed E-state index contributed by atoms with van der Waals surface area (Å²) in [5.74, 6) is 0.336. The number of carbonyl (C=O) groups excluding carboxylic acids is 1. The number of fused-ring (bicyclic) bond motifs is 1. The molecule has 0 spiro atoms. The molecule has 0 bridgehead atoms. The molecule has 2 aromatic heterocycles. The fraction of sp³-hybridized carbons (Fsp3) is 0.258. The average Bonchev–Trinajstić information content (AvgIpc) is 3.30. The minimum absolute atomic E-state index is 0.134. The van der Waals surface area contributed by atoms with Crippen LogP contribution in [0, 0.1) is 24.0 Å². The van der Waals surface area contributed by atoms with E-state index >= 15 is 0 Å². The number of methoxy groups -OCH3 is 2. The van der Waals surface area contributed by atoms with E-state index in [2.05, 4.69) is 15.0 Å². The van der Waals surface area contributed by atoms with Gasteiger partial charge in [-0.1, -0.05) is 17.4 Å². The number of nitro groups is 1. The second kappa shape index (κ2) is 13.0. The molecule has 1 aliphatic rings. The molecule has 0 N–H and O–H groups in total. The van der Waals surface area contributed by atoms with Crippen molar-refractivity contribution in [2.24, 2.45) is 4.99 Å². The van der Waals surface area contributed by atoms with Crippen LogP contribution in [-0.4, -0.2) is 46.3 Å². The molecular formula is C31H29N5O7S2. The molecule has 2 aromatic carbocycles. The predicted molar refractivity (Wildman–Crippen MR) is 169 cm³/mol. The van der Waals surface area contributed by atoms with Crippen LogP contribution in [0.3, 0.4) is 0 Å². The highest BCUT2D eigenvalue weighted by atomic mass is 32.2. The molecule has 0 fully saturated rings. The Bertz CT molecular complexity index is 2030.